The molecule has 1 aromatic carbocycles. The number of aromatic nitrogens is 1. The van der Waals surface area contributed by atoms with E-state index < -0.39 is 21.4 Å². The molecule has 22 heavy (non-hydrogen) atoms. The highest BCUT2D eigenvalue weighted by atomic mass is 32.2. The van der Waals surface area contributed by atoms with Gasteiger partial charge in [-0.05, 0) is 25.1 Å². The van der Waals surface area contributed by atoms with Crippen LogP contribution in [0.15, 0.2) is 34.1 Å². The molecule has 0 saturated heterocycles. The Labute approximate surface area is 127 Å². The van der Waals surface area contributed by atoms with Gasteiger partial charge in [0.05, 0.1) is 17.0 Å². The molecule has 0 atom stereocenters. The number of esters is 1. The van der Waals surface area contributed by atoms with Crippen molar-refractivity contribution in [3.8, 4) is 0 Å². The molecule has 0 amide bonds. The highest BCUT2D eigenvalue weighted by Crippen LogP contribution is 2.18. The van der Waals surface area contributed by atoms with Crippen LogP contribution in [0.3, 0.4) is 0 Å². The minimum Gasteiger partial charge on any atom is -0.462 e. The predicted octanol–water partition coefficient (Wildman–Crippen LogP) is 0.955. The molecule has 8 heteroatoms. The first-order chi connectivity index (χ1) is 10.3. The van der Waals surface area contributed by atoms with E-state index in [1.807, 2.05) is 0 Å². The number of nitrogens with one attached hydrogen (secondary N) is 1. The molecule has 0 aliphatic carbocycles. The van der Waals surface area contributed by atoms with E-state index in [1.54, 1.807) is 6.92 Å². The molecule has 0 radical (unpaired) electrons. The van der Waals surface area contributed by atoms with Gasteiger partial charge in [-0.3, -0.25) is 4.79 Å². The maximum Gasteiger partial charge on any atom is 0.343 e. The van der Waals surface area contributed by atoms with E-state index in [1.165, 1.54) is 38.5 Å². The number of H-pyrrole nitrogens is 1. The number of rotatable bonds is 4. The first-order valence-corrected chi connectivity index (χ1v) is 7.98. The number of carbonyl (C=O) groups is 1. The van der Waals surface area contributed by atoms with Crippen molar-refractivity contribution in [1.29, 1.82) is 0 Å². The molecule has 7 nitrogen and oxygen atoms in total. The van der Waals surface area contributed by atoms with Crippen LogP contribution in [0.5, 0.6) is 0 Å². The fraction of sp³-hybridized carbons (Fsp3) is 0.286. The monoisotopic (exact) mass is 324 g/mol. The Morgan fingerprint density at radius 3 is 2.59 bits per heavy atom. The summed E-state index contributed by atoms with van der Waals surface area (Å²) < 4.78 is 30.0. The van der Waals surface area contributed by atoms with Crippen molar-refractivity contribution in [2.75, 3.05) is 20.7 Å². The second kappa shape index (κ2) is 5.90. The van der Waals surface area contributed by atoms with Gasteiger partial charge in [0.25, 0.3) is 0 Å². The van der Waals surface area contributed by atoms with Crippen LogP contribution in [0.25, 0.3) is 10.9 Å². The summed E-state index contributed by atoms with van der Waals surface area (Å²) in [6.45, 7) is 1.81. The van der Waals surface area contributed by atoms with Crippen LogP contribution in [0, 0.1) is 0 Å². The highest BCUT2D eigenvalue weighted by molar-refractivity contribution is 7.89. The lowest BCUT2D eigenvalue weighted by atomic mass is 10.1. The molecule has 1 aromatic heterocycles. The first kappa shape index (κ1) is 16.2. The third kappa shape index (κ3) is 2.75. The minimum absolute atomic E-state index is 0.0598. The Morgan fingerprint density at radius 1 is 1.32 bits per heavy atom. The number of ether oxygens (including phenoxy) is 1. The van der Waals surface area contributed by atoms with Crippen LogP contribution in [0.4, 0.5) is 0 Å². The lowest BCUT2D eigenvalue weighted by Crippen LogP contribution is -2.22. The number of fused-ring (bicyclic) bond motifs is 1. The molecule has 2 aromatic rings. The van der Waals surface area contributed by atoms with Crippen LogP contribution in [0.1, 0.15) is 17.3 Å². The van der Waals surface area contributed by atoms with E-state index in [0.29, 0.717) is 5.52 Å². The largest absolute Gasteiger partial charge is 0.462 e. The van der Waals surface area contributed by atoms with E-state index in [9.17, 15) is 18.0 Å². The van der Waals surface area contributed by atoms with Crippen molar-refractivity contribution in [2.45, 2.75) is 11.8 Å². The summed E-state index contributed by atoms with van der Waals surface area (Å²) in [4.78, 5) is 26.8. The first-order valence-electron chi connectivity index (χ1n) is 6.54. The Bertz CT molecular complexity index is 884. The second-order valence-corrected chi connectivity index (χ2v) is 6.90. The van der Waals surface area contributed by atoms with E-state index in [4.69, 9.17) is 4.74 Å². The molecule has 118 valence electrons. The van der Waals surface area contributed by atoms with Gasteiger partial charge in [0.2, 0.25) is 15.5 Å². The molecule has 0 unspecified atom stereocenters. The van der Waals surface area contributed by atoms with Gasteiger partial charge in [0, 0.05) is 25.7 Å². The van der Waals surface area contributed by atoms with E-state index in [0.717, 1.165) is 4.31 Å². The number of hydrogen-bond donors (Lipinski definition) is 1. The van der Waals surface area contributed by atoms with Gasteiger partial charge < -0.3 is 9.72 Å². The summed E-state index contributed by atoms with van der Waals surface area (Å²) in [5.74, 6) is -0.712. The van der Waals surface area contributed by atoms with Crippen molar-refractivity contribution in [3.05, 3.63) is 40.2 Å². The average Bonchev–Trinajstić information content (AvgIpc) is 2.47. The number of pyridine rings is 1. The zero-order valence-corrected chi connectivity index (χ0v) is 13.2. The van der Waals surface area contributed by atoms with Gasteiger partial charge >= 0.3 is 5.97 Å². The minimum atomic E-state index is -3.60. The molecule has 1 heterocycles. The van der Waals surface area contributed by atoms with Crippen molar-refractivity contribution < 1.29 is 17.9 Å². The summed E-state index contributed by atoms with van der Waals surface area (Å²) in [6.07, 6.45) is 1.23. The summed E-state index contributed by atoms with van der Waals surface area (Å²) in [5.41, 5.74) is -0.278. The number of sulfonamides is 1. The zero-order valence-electron chi connectivity index (χ0n) is 12.4. The second-order valence-electron chi connectivity index (χ2n) is 4.75. The maximum atomic E-state index is 12.3. The van der Waals surface area contributed by atoms with Crippen LogP contribution in [0.2, 0.25) is 0 Å². The topological polar surface area (TPSA) is 96.5 Å². The maximum absolute atomic E-state index is 12.3. The number of benzene rings is 1. The van der Waals surface area contributed by atoms with Gasteiger partial charge in [-0.2, -0.15) is 0 Å². The van der Waals surface area contributed by atoms with Crippen LogP contribution >= 0.6 is 0 Å². The Hall–Kier alpha value is -2.19. The lowest BCUT2D eigenvalue weighted by Gasteiger charge is -2.12. The zero-order chi connectivity index (χ0) is 16.5. The third-order valence-corrected chi connectivity index (χ3v) is 4.94. The van der Waals surface area contributed by atoms with Gasteiger partial charge in [0.1, 0.15) is 5.56 Å². The Morgan fingerprint density at radius 2 is 2.00 bits per heavy atom. The number of carbonyl (C=O) groups excluding carboxylic acids is 1. The van der Waals surface area contributed by atoms with Gasteiger partial charge in [-0.15, -0.1) is 0 Å². The van der Waals surface area contributed by atoms with Gasteiger partial charge in [-0.1, -0.05) is 0 Å². The lowest BCUT2D eigenvalue weighted by molar-refractivity contribution is 0.0524. The smallest absolute Gasteiger partial charge is 0.343 e. The number of aromatic amines is 1. The van der Waals surface area contributed by atoms with E-state index in [-0.39, 0.29) is 22.5 Å². The Balaban J connectivity index is 2.61. The number of nitrogens with zero attached hydrogens (tertiary/aromatic N) is 1. The van der Waals surface area contributed by atoms with Crippen LogP contribution < -0.4 is 5.43 Å². The summed E-state index contributed by atoms with van der Waals surface area (Å²) >= 11 is 0. The van der Waals surface area contributed by atoms with Gasteiger partial charge in [0.15, 0.2) is 0 Å². The Kier molecular flexibility index (Phi) is 4.34. The molecule has 0 aliphatic rings. The molecule has 2 rings (SSSR count). The van der Waals surface area contributed by atoms with Crippen LogP contribution in [-0.2, 0) is 14.8 Å². The van der Waals surface area contributed by atoms with E-state index in [2.05, 4.69) is 4.98 Å². The van der Waals surface area contributed by atoms with Crippen molar-refractivity contribution in [2.24, 2.45) is 0 Å². The van der Waals surface area contributed by atoms with Gasteiger partial charge in [-0.25, -0.2) is 17.5 Å². The van der Waals surface area contributed by atoms with Crippen molar-refractivity contribution in [3.63, 3.8) is 0 Å². The molecule has 0 bridgehead atoms. The molecular weight excluding hydrogens is 308 g/mol. The van der Waals surface area contributed by atoms with Crippen molar-refractivity contribution >= 4 is 26.9 Å². The molecule has 0 saturated carbocycles. The molecule has 0 aliphatic heterocycles. The normalized spacial score (nSPS) is 11.8. The molecule has 0 fully saturated rings. The predicted molar refractivity (Wildman–Crippen MR) is 81.4 cm³/mol. The van der Waals surface area contributed by atoms with Crippen molar-refractivity contribution in [1.82, 2.24) is 9.29 Å². The third-order valence-electron chi connectivity index (χ3n) is 3.13. The molecular formula is C14H16N2O5S. The summed E-state index contributed by atoms with van der Waals surface area (Å²) in [6, 6.07) is 4.08. The standard InChI is InChI=1S/C14H16N2O5S/c1-4-21-14(18)11-8-15-12-7-9(22(19,20)16(2)3)5-6-10(12)13(11)17/h5-8H,4H2,1-3H3,(H,15,17). The number of hydrogen-bond acceptors (Lipinski definition) is 5. The molecule has 1 N–H and O–H groups in total. The fourth-order valence-electron chi connectivity index (χ4n) is 1.93. The molecule has 0 spiro atoms. The highest BCUT2D eigenvalue weighted by Gasteiger charge is 2.19. The summed E-state index contributed by atoms with van der Waals surface area (Å²) in [5, 5.41) is 0.225. The average molecular weight is 324 g/mol. The quantitative estimate of drug-likeness (QED) is 0.845. The fourth-order valence-corrected chi connectivity index (χ4v) is 2.86. The SMILES string of the molecule is CCOC(=O)c1c[nH]c2cc(S(=O)(=O)N(C)C)ccc2c1=O. The van der Waals surface area contributed by atoms with Crippen LogP contribution in [-0.4, -0.2) is 44.4 Å². The summed E-state index contributed by atoms with van der Waals surface area (Å²) in [7, 11) is -0.751. The van der Waals surface area contributed by atoms with E-state index >= 15 is 0 Å².